The first-order valence-corrected chi connectivity index (χ1v) is 9.28. The summed E-state index contributed by atoms with van der Waals surface area (Å²) < 4.78 is 6.23. The van der Waals surface area contributed by atoms with Crippen LogP contribution in [0, 0.1) is 17.3 Å². The number of ether oxygens (including phenoxy) is 1. The summed E-state index contributed by atoms with van der Waals surface area (Å²) in [5, 5.41) is 9.79. The molecule has 2 fully saturated rings. The summed E-state index contributed by atoms with van der Waals surface area (Å²) in [6.07, 6.45) is 12.8. The quantitative estimate of drug-likeness (QED) is 0.737. The van der Waals surface area contributed by atoms with Gasteiger partial charge < -0.3 is 9.84 Å². The van der Waals surface area contributed by atoms with Crippen molar-refractivity contribution >= 4 is 0 Å². The third-order valence-electron chi connectivity index (χ3n) is 7.84. The van der Waals surface area contributed by atoms with Crippen molar-refractivity contribution in [3.8, 4) is 5.75 Å². The molecule has 1 aromatic rings. The van der Waals surface area contributed by atoms with Crippen molar-refractivity contribution in [3.05, 3.63) is 41.7 Å². The Labute approximate surface area is 138 Å². The number of hydrogen-bond donors (Lipinski definition) is 1. The van der Waals surface area contributed by atoms with E-state index in [-0.39, 0.29) is 5.60 Å². The Balaban J connectivity index is 1.51. The Bertz CT molecular complexity index is 668. The predicted molar refractivity (Wildman–Crippen MR) is 90.3 cm³/mol. The fourth-order valence-corrected chi connectivity index (χ4v) is 6.66. The maximum absolute atomic E-state index is 9.79. The minimum absolute atomic E-state index is 0.0951. The van der Waals surface area contributed by atoms with Crippen LogP contribution in [0.5, 0.6) is 5.75 Å². The Kier molecular flexibility index (Phi) is 2.76. The molecule has 1 spiro atoms. The highest BCUT2D eigenvalue weighted by atomic mass is 16.5. The van der Waals surface area contributed by atoms with Crippen molar-refractivity contribution in [1.29, 1.82) is 0 Å². The van der Waals surface area contributed by atoms with Gasteiger partial charge in [0.1, 0.15) is 11.4 Å². The molecule has 0 radical (unpaired) electrons. The Hall–Kier alpha value is -1.44. The fraction of sp³-hybridized carbons (Fsp3) is 0.619. The van der Waals surface area contributed by atoms with Gasteiger partial charge in [0.25, 0.3) is 0 Å². The van der Waals surface area contributed by atoms with Gasteiger partial charge in [-0.05, 0) is 85.6 Å². The molecule has 122 valence electrons. The highest BCUT2D eigenvalue weighted by Crippen LogP contribution is 2.66. The molecule has 5 rings (SSSR count). The number of benzene rings is 1. The average Bonchev–Trinajstić information content (AvgIpc) is 3.14. The summed E-state index contributed by atoms with van der Waals surface area (Å²) in [5.74, 6) is 2.72. The molecule has 3 aliphatic carbocycles. The molecule has 0 aromatic heterocycles. The molecule has 1 unspecified atom stereocenters. The Morgan fingerprint density at radius 2 is 2.09 bits per heavy atom. The zero-order valence-electron chi connectivity index (χ0n) is 13.9. The van der Waals surface area contributed by atoms with Gasteiger partial charge >= 0.3 is 0 Å². The lowest BCUT2D eigenvalue weighted by Crippen LogP contribution is -2.50. The van der Waals surface area contributed by atoms with Gasteiger partial charge in [-0.3, -0.25) is 0 Å². The molecule has 1 aliphatic heterocycles. The smallest absolute Gasteiger partial charge is 0.117 e. The van der Waals surface area contributed by atoms with Crippen molar-refractivity contribution in [2.24, 2.45) is 17.3 Å². The minimum atomic E-state index is 0.0951. The molecule has 4 aliphatic rings. The van der Waals surface area contributed by atoms with E-state index in [0.717, 1.165) is 24.7 Å². The number of aryl methyl sites for hydroxylation is 1. The van der Waals surface area contributed by atoms with Crippen molar-refractivity contribution < 1.29 is 9.84 Å². The van der Waals surface area contributed by atoms with Crippen LogP contribution in [0.15, 0.2) is 30.5 Å². The second-order valence-electron chi connectivity index (χ2n) is 8.48. The Morgan fingerprint density at radius 1 is 1.17 bits per heavy atom. The summed E-state index contributed by atoms with van der Waals surface area (Å²) in [7, 11) is 0. The largest absolute Gasteiger partial charge is 0.508 e. The number of phenols is 1. The first-order valence-electron chi connectivity index (χ1n) is 9.28. The van der Waals surface area contributed by atoms with Crippen LogP contribution in [-0.4, -0.2) is 10.7 Å². The van der Waals surface area contributed by atoms with E-state index in [9.17, 15) is 5.11 Å². The fourth-order valence-electron chi connectivity index (χ4n) is 6.66. The van der Waals surface area contributed by atoms with Gasteiger partial charge in [0.2, 0.25) is 0 Å². The van der Waals surface area contributed by atoms with Crippen LogP contribution in [-0.2, 0) is 11.2 Å². The zero-order valence-corrected chi connectivity index (χ0v) is 13.9. The van der Waals surface area contributed by atoms with E-state index in [0.29, 0.717) is 17.1 Å². The average molecular weight is 310 g/mol. The molecule has 2 nitrogen and oxygen atoms in total. The summed E-state index contributed by atoms with van der Waals surface area (Å²) >= 11 is 0. The van der Waals surface area contributed by atoms with Crippen molar-refractivity contribution in [2.75, 3.05) is 0 Å². The van der Waals surface area contributed by atoms with Crippen LogP contribution in [0.2, 0.25) is 0 Å². The first kappa shape index (κ1) is 13.9. The highest BCUT2D eigenvalue weighted by molar-refractivity contribution is 5.40. The predicted octanol–water partition coefficient (Wildman–Crippen LogP) is 4.92. The molecule has 1 heterocycles. The summed E-state index contributed by atoms with van der Waals surface area (Å²) in [6.45, 7) is 2.51. The van der Waals surface area contributed by atoms with Crippen LogP contribution in [0.3, 0.4) is 0 Å². The molecule has 5 atom stereocenters. The maximum Gasteiger partial charge on any atom is 0.117 e. The van der Waals surface area contributed by atoms with Gasteiger partial charge in [-0.25, -0.2) is 0 Å². The van der Waals surface area contributed by atoms with E-state index >= 15 is 0 Å². The normalized spacial score (nSPS) is 43.8. The van der Waals surface area contributed by atoms with Gasteiger partial charge in [-0.2, -0.15) is 0 Å². The monoisotopic (exact) mass is 310 g/mol. The molecule has 0 amide bonds. The van der Waals surface area contributed by atoms with Gasteiger partial charge in [0, 0.05) is 11.8 Å². The van der Waals surface area contributed by atoms with Crippen LogP contribution in [0.4, 0.5) is 0 Å². The molecule has 0 bridgehead atoms. The van der Waals surface area contributed by atoms with Gasteiger partial charge in [0.15, 0.2) is 0 Å². The lowest BCUT2D eigenvalue weighted by atomic mass is 9.53. The molecular formula is C21H26O2. The maximum atomic E-state index is 9.79. The molecule has 0 saturated heterocycles. The number of rotatable bonds is 0. The molecular weight excluding hydrogens is 284 g/mol. The lowest BCUT2D eigenvalue weighted by molar-refractivity contribution is -0.0960. The number of phenolic OH excluding ortho intramolecular Hbond substituents is 1. The number of fused-ring (bicyclic) bond motifs is 6. The highest BCUT2D eigenvalue weighted by Gasteiger charge is 2.63. The summed E-state index contributed by atoms with van der Waals surface area (Å²) in [5.41, 5.74) is 3.35. The SMILES string of the molecule is C[C@]12CC[C@@H]3c4ccc(O)cc4CC[C@H]3[C@@H]1CCC21CC=CO1. The third-order valence-corrected chi connectivity index (χ3v) is 7.84. The van der Waals surface area contributed by atoms with Crippen LogP contribution in [0.25, 0.3) is 0 Å². The van der Waals surface area contributed by atoms with Crippen LogP contribution < -0.4 is 0 Å². The Morgan fingerprint density at radius 3 is 2.91 bits per heavy atom. The van der Waals surface area contributed by atoms with E-state index in [1.165, 1.54) is 43.2 Å². The first-order chi connectivity index (χ1) is 11.1. The molecule has 1 aromatic carbocycles. The van der Waals surface area contributed by atoms with Gasteiger partial charge in [-0.15, -0.1) is 0 Å². The standard InChI is InChI=1S/C21H26O2/c1-20-10-7-17-16-6-4-15(22)13-14(16)3-5-18(17)19(20)8-11-21(20)9-2-12-23-21/h2,4,6,12-13,17-19,22H,3,5,7-11H2,1H3/t17-,18-,19+,20+,21?/m1/s1. The second-order valence-corrected chi connectivity index (χ2v) is 8.48. The second kappa shape index (κ2) is 4.55. The molecule has 23 heavy (non-hydrogen) atoms. The number of hydrogen-bond acceptors (Lipinski definition) is 2. The lowest BCUT2D eigenvalue weighted by Gasteiger charge is -2.53. The molecule has 2 saturated carbocycles. The zero-order chi connectivity index (χ0) is 15.7. The van der Waals surface area contributed by atoms with Crippen molar-refractivity contribution in [1.82, 2.24) is 0 Å². The van der Waals surface area contributed by atoms with E-state index in [1.54, 1.807) is 0 Å². The van der Waals surface area contributed by atoms with Crippen LogP contribution in [0.1, 0.15) is 62.5 Å². The van der Waals surface area contributed by atoms with Crippen molar-refractivity contribution in [3.63, 3.8) is 0 Å². The van der Waals surface area contributed by atoms with E-state index in [1.807, 2.05) is 18.4 Å². The van der Waals surface area contributed by atoms with Crippen molar-refractivity contribution in [2.45, 2.75) is 63.4 Å². The third kappa shape index (κ3) is 1.70. The van der Waals surface area contributed by atoms with Crippen LogP contribution >= 0.6 is 0 Å². The summed E-state index contributed by atoms with van der Waals surface area (Å²) in [6, 6.07) is 6.08. The molecule has 2 heteroatoms. The van der Waals surface area contributed by atoms with Gasteiger partial charge in [-0.1, -0.05) is 13.0 Å². The molecule has 1 N–H and O–H groups in total. The van der Waals surface area contributed by atoms with E-state index in [2.05, 4.69) is 19.1 Å². The number of aromatic hydroxyl groups is 1. The topological polar surface area (TPSA) is 29.5 Å². The van der Waals surface area contributed by atoms with Gasteiger partial charge in [0.05, 0.1) is 6.26 Å². The van der Waals surface area contributed by atoms with E-state index < -0.39 is 0 Å². The summed E-state index contributed by atoms with van der Waals surface area (Å²) in [4.78, 5) is 0. The minimum Gasteiger partial charge on any atom is -0.508 e. The van der Waals surface area contributed by atoms with E-state index in [4.69, 9.17) is 4.74 Å².